The summed E-state index contributed by atoms with van der Waals surface area (Å²) in [5.74, 6) is -0.500. The lowest BCUT2D eigenvalue weighted by atomic mass is 10.0. The van der Waals surface area contributed by atoms with Crippen molar-refractivity contribution in [3.05, 3.63) is 63.6 Å². The molecule has 1 aliphatic heterocycles. The molecule has 0 bridgehead atoms. The van der Waals surface area contributed by atoms with E-state index in [1.807, 2.05) is 4.90 Å². The van der Waals surface area contributed by atoms with Crippen LogP contribution in [-0.2, 0) is 17.5 Å². The van der Waals surface area contributed by atoms with Gasteiger partial charge in [-0.05, 0) is 56.7 Å². The first-order chi connectivity index (χ1) is 15.8. The second kappa shape index (κ2) is 10.4. The lowest BCUT2D eigenvalue weighted by Crippen LogP contribution is -2.49. The SMILES string of the molecule is CC(C)(C)OC(=O)N1CCN(Cc2ccc(NC(=O)c3cccc(Br)c3)cc2C(F)(F)F)CC1. The highest BCUT2D eigenvalue weighted by Crippen LogP contribution is 2.35. The van der Waals surface area contributed by atoms with Crippen LogP contribution >= 0.6 is 15.9 Å². The standard InChI is InChI=1S/C24H27BrF3N3O3/c1-23(2,3)34-22(33)31-11-9-30(10-12-31)15-17-7-8-19(14-20(17)24(26,27)28)29-21(32)16-5-4-6-18(25)13-16/h4-8,13-14H,9-12,15H2,1-3H3,(H,29,32). The molecule has 0 atom stereocenters. The monoisotopic (exact) mass is 541 g/mol. The normalized spacial score (nSPS) is 15.2. The van der Waals surface area contributed by atoms with E-state index in [0.717, 1.165) is 6.07 Å². The third-order valence-electron chi connectivity index (χ3n) is 5.18. The summed E-state index contributed by atoms with van der Waals surface area (Å²) < 4.78 is 47.5. The van der Waals surface area contributed by atoms with Crippen molar-refractivity contribution in [2.45, 2.75) is 39.1 Å². The van der Waals surface area contributed by atoms with Crippen molar-refractivity contribution >= 4 is 33.6 Å². The van der Waals surface area contributed by atoms with Crippen molar-refractivity contribution in [2.24, 2.45) is 0 Å². The zero-order chi connectivity index (χ0) is 25.1. The van der Waals surface area contributed by atoms with E-state index in [4.69, 9.17) is 4.74 Å². The highest BCUT2D eigenvalue weighted by atomic mass is 79.9. The first-order valence-corrected chi connectivity index (χ1v) is 11.6. The molecule has 1 heterocycles. The predicted molar refractivity (Wildman–Crippen MR) is 127 cm³/mol. The summed E-state index contributed by atoms with van der Waals surface area (Å²) in [7, 11) is 0. The van der Waals surface area contributed by atoms with E-state index in [1.165, 1.54) is 12.1 Å². The molecule has 1 aliphatic rings. The Bertz CT molecular complexity index is 1050. The number of carbonyl (C=O) groups is 2. The number of benzene rings is 2. The molecule has 1 saturated heterocycles. The average molecular weight is 542 g/mol. The number of nitrogens with one attached hydrogen (secondary N) is 1. The Morgan fingerprint density at radius 2 is 1.71 bits per heavy atom. The van der Waals surface area contributed by atoms with Crippen molar-refractivity contribution in [3.63, 3.8) is 0 Å². The smallest absolute Gasteiger partial charge is 0.416 e. The number of rotatable bonds is 4. The molecule has 10 heteroatoms. The van der Waals surface area contributed by atoms with E-state index in [9.17, 15) is 22.8 Å². The summed E-state index contributed by atoms with van der Waals surface area (Å²) in [4.78, 5) is 28.1. The van der Waals surface area contributed by atoms with Gasteiger partial charge < -0.3 is 15.0 Å². The fourth-order valence-corrected chi connectivity index (χ4v) is 3.94. The van der Waals surface area contributed by atoms with Gasteiger partial charge in [-0.2, -0.15) is 13.2 Å². The molecule has 3 rings (SSSR count). The van der Waals surface area contributed by atoms with Crippen molar-refractivity contribution in [3.8, 4) is 0 Å². The highest BCUT2D eigenvalue weighted by molar-refractivity contribution is 9.10. The van der Waals surface area contributed by atoms with Crippen LogP contribution in [0.1, 0.15) is 42.3 Å². The van der Waals surface area contributed by atoms with Gasteiger partial charge in [0.05, 0.1) is 5.56 Å². The van der Waals surface area contributed by atoms with Gasteiger partial charge in [0, 0.05) is 48.4 Å². The maximum atomic E-state index is 13.8. The first kappa shape index (κ1) is 26.0. The third kappa shape index (κ3) is 7.20. The van der Waals surface area contributed by atoms with Crippen LogP contribution in [0.5, 0.6) is 0 Å². The van der Waals surface area contributed by atoms with E-state index in [0.29, 0.717) is 36.2 Å². The molecule has 0 radical (unpaired) electrons. The molecule has 0 aliphatic carbocycles. The Labute approximate surface area is 205 Å². The van der Waals surface area contributed by atoms with Crippen LogP contribution in [0.2, 0.25) is 0 Å². The number of hydrogen-bond donors (Lipinski definition) is 1. The molecule has 0 spiro atoms. The summed E-state index contributed by atoms with van der Waals surface area (Å²) in [6, 6.07) is 10.4. The van der Waals surface area contributed by atoms with Gasteiger partial charge in [-0.3, -0.25) is 9.69 Å². The molecular weight excluding hydrogens is 515 g/mol. The molecule has 6 nitrogen and oxygen atoms in total. The van der Waals surface area contributed by atoms with Crippen LogP contribution in [0, 0.1) is 0 Å². The number of amides is 2. The number of piperazine rings is 1. The molecule has 0 aromatic heterocycles. The number of halogens is 4. The minimum absolute atomic E-state index is 0.0656. The van der Waals surface area contributed by atoms with Crippen LogP contribution in [-0.4, -0.2) is 53.6 Å². The first-order valence-electron chi connectivity index (χ1n) is 10.8. The van der Waals surface area contributed by atoms with Crippen molar-refractivity contribution in [1.29, 1.82) is 0 Å². The van der Waals surface area contributed by atoms with E-state index in [-0.39, 0.29) is 17.8 Å². The molecule has 2 aromatic rings. The number of carbonyl (C=O) groups excluding carboxylic acids is 2. The Kier molecular flexibility index (Phi) is 7.92. The van der Waals surface area contributed by atoms with E-state index in [1.54, 1.807) is 49.9 Å². The van der Waals surface area contributed by atoms with Gasteiger partial charge in [-0.15, -0.1) is 0 Å². The van der Waals surface area contributed by atoms with Crippen LogP contribution in [0.15, 0.2) is 46.9 Å². The molecule has 0 saturated carbocycles. The zero-order valence-corrected chi connectivity index (χ0v) is 20.8. The average Bonchev–Trinajstić information content (AvgIpc) is 2.73. The van der Waals surface area contributed by atoms with Crippen molar-refractivity contribution < 1.29 is 27.5 Å². The summed E-state index contributed by atoms with van der Waals surface area (Å²) in [6.07, 6.45) is -5.00. The Morgan fingerprint density at radius 1 is 1.03 bits per heavy atom. The maximum absolute atomic E-state index is 13.8. The molecule has 34 heavy (non-hydrogen) atoms. The Balaban J connectivity index is 1.68. The summed E-state index contributed by atoms with van der Waals surface area (Å²) in [6.45, 7) is 7.03. The maximum Gasteiger partial charge on any atom is 0.416 e. The van der Waals surface area contributed by atoms with Gasteiger partial charge in [0.15, 0.2) is 0 Å². The molecule has 1 fully saturated rings. The predicted octanol–water partition coefficient (Wildman–Crippen LogP) is 5.77. The van der Waals surface area contributed by atoms with Gasteiger partial charge in [-0.25, -0.2) is 4.79 Å². The second-order valence-electron chi connectivity index (χ2n) is 9.08. The lowest BCUT2D eigenvalue weighted by Gasteiger charge is -2.36. The quantitative estimate of drug-likeness (QED) is 0.533. The van der Waals surface area contributed by atoms with E-state index < -0.39 is 29.3 Å². The summed E-state index contributed by atoms with van der Waals surface area (Å²) in [5.41, 5.74) is -0.900. The van der Waals surface area contributed by atoms with E-state index in [2.05, 4.69) is 21.2 Å². The highest BCUT2D eigenvalue weighted by Gasteiger charge is 2.35. The van der Waals surface area contributed by atoms with Crippen LogP contribution < -0.4 is 5.32 Å². The fraction of sp³-hybridized carbons (Fsp3) is 0.417. The molecular formula is C24H27BrF3N3O3. The van der Waals surface area contributed by atoms with Gasteiger partial charge in [0.1, 0.15) is 5.60 Å². The van der Waals surface area contributed by atoms with Crippen LogP contribution in [0.4, 0.5) is 23.7 Å². The number of ether oxygens (including phenoxy) is 1. The lowest BCUT2D eigenvalue weighted by molar-refractivity contribution is -0.138. The number of anilines is 1. The summed E-state index contributed by atoms with van der Waals surface area (Å²) >= 11 is 3.27. The van der Waals surface area contributed by atoms with Crippen molar-refractivity contribution in [2.75, 3.05) is 31.5 Å². The van der Waals surface area contributed by atoms with Crippen molar-refractivity contribution in [1.82, 2.24) is 9.80 Å². The Hall–Kier alpha value is -2.59. The van der Waals surface area contributed by atoms with Crippen LogP contribution in [0.25, 0.3) is 0 Å². The Morgan fingerprint density at radius 3 is 2.29 bits per heavy atom. The minimum atomic E-state index is -4.58. The van der Waals surface area contributed by atoms with Gasteiger partial charge >= 0.3 is 12.3 Å². The number of alkyl halides is 3. The molecule has 2 amide bonds. The van der Waals surface area contributed by atoms with Gasteiger partial charge in [0.2, 0.25) is 0 Å². The largest absolute Gasteiger partial charge is 0.444 e. The topological polar surface area (TPSA) is 61.9 Å². The second-order valence-corrected chi connectivity index (χ2v) is 9.99. The molecule has 2 aromatic carbocycles. The zero-order valence-electron chi connectivity index (χ0n) is 19.2. The van der Waals surface area contributed by atoms with E-state index >= 15 is 0 Å². The molecule has 1 N–H and O–H groups in total. The molecule has 0 unspecified atom stereocenters. The number of hydrogen-bond acceptors (Lipinski definition) is 4. The third-order valence-corrected chi connectivity index (χ3v) is 5.67. The minimum Gasteiger partial charge on any atom is -0.444 e. The number of nitrogens with zero attached hydrogens (tertiary/aromatic N) is 2. The summed E-state index contributed by atoms with van der Waals surface area (Å²) in [5, 5.41) is 2.53. The van der Waals surface area contributed by atoms with Gasteiger partial charge in [0.25, 0.3) is 5.91 Å². The molecule has 184 valence electrons. The fourth-order valence-electron chi connectivity index (χ4n) is 3.54. The van der Waals surface area contributed by atoms with Crippen LogP contribution in [0.3, 0.4) is 0 Å². The van der Waals surface area contributed by atoms with Gasteiger partial charge in [-0.1, -0.05) is 28.1 Å².